The van der Waals surface area contributed by atoms with Crippen molar-refractivity contribution in [2.75, 3.05) is 0 Å². The average molecular weight is 171 g/mol. The first kappa shape index (κ1) is 11.2. The number of hydrogen-bond acceptors (Lipinski definition) is 3. The molecule has 0 saturated heterocycles. The summed E-state index contributed by atoms with van der Waals surface area (Å²) in [6.45, 7) is 10.9. The third kappa shape index (κ3) is 4.91. The lowest BCUT2D eigenvalue weighted by atomic mass is 10.3. The molecule has 0 aromatic heterocycles. The molecule has 0 aromatic rings. The van der Waals surface area contributed by atoms with Crippen LogP contribution in [0.4, 0.5) is 0 Å². The molecular weight excluding hydrogens is 154 g/mol. The van der Waals surface area contributed by atoms with Gasteiger partial charge in [-0.25, -0.2) is 4.79 Å². The van der Waals surface area contributed by atoms with Gasteiger partial charge in [-0.2, -0.15) is 0 Å². The Morgan fingerprint density at radius 1 is 1.42 bits per heavy atom. The van der Waals surface area contributed by atoms with Crippen LogP contribution >= 0.6 is 0 Å². The van der Waals surface area contributed by atoms with Crippen LogP contribution in [0.2, 0.25) is 0 Å². The Kier molecular flexibility index (Phi) is 4.59. The van der Waals surface area contributed by atoms with E-state index in [0.717, 1.165) is 0 Å². The van der Waals surface area contributed by atoms with Gasteiger partial charge in [-0.15, -0.1) is 0 Å². The molecule has 0 saturated carbocycles. The van der Waals surface area contributed by atoms with Gasteiger partial charge in [-0.05, 0) is 27.7 Å². The Balaban J connectivity index is 3.76. The van der Waals surface area contributed by atoms with E-state index >= 15 is 0 Å². The van der Waals surface area contributed by atoms with Crippen LogP contribution in [0.1, 0.15) is 27.7 Å². The maximum absolute atomic E-state index is 11.0. The molecule has 0 aliphatic heterocycles. The molecule has 0 aliphatic rings. The quantitative estimate of drug-likeness (QED) is 0.395. The fraction of sp³-hybridized carbons (Fsp3) is 0.667. The van der Waals surface area contributed by atoms with Gasteiger partial charge in [0.1, 0.15) is 0 Å². The average Bonchev–Trinajstić information content (AvgIpc) is 1.84. The van der Waals surface area contributed by atoms with Crippen LogP contribution in [0, 0.1) is 0 Å². The molecule has 0 heterocycles. The van der Waals surface area contributed by atoms with Gasteiger partial charge in [0.25, 0.3) is 0 Å². The number of nitrogens with one attached hydrogen (secondary N) is 1. The fourth-order valence-electron chi connectivity index (χ4n) is 0.765. The molecule has 0 amide bonds. The van der Waals surface area contributed by atoms with Crippen LogP contribution in [-0.4, -0.2) is 18.2 Å². The van der Waals surface area contributed by atoms with Crippen LogP contribution in [0.25, 0.3) is 0 Å². The van der Waals surface area contributed by atoms with Crippen molar-refractivity contribution in [1.29, 1.82) is 0 Å². The summed E-state index contributed by atoms with van der Waals surface area (Å²) in [6.07, 6.45) is -0.255. The lowest BCUT2D eigenvalue weighted by Gasteiger charge is -2.17. The predicted octanol–water partition coefficient (Wildman–Crippen LogP) is 1.45. The van der Waals surface area contributed by atoms with Crippen LogP contribution < -0.4 is 5.32 Å². The summed E-state index contributed by atoms with van der Waals surface area (Å²) in [5.74, 6) is -0.351. The standard InChI is InChI=1S/C9H17NO2/c1-6(2)9(11)12-8(5)10-7(3)4/h7-8,10H,1H2,2-5H3. The molecule has 3 nitrogen and oxygen atoms in total. The first-order valence-corrected chi connectivity index (χ1v) is 4.06. The van der Waals surface area contributed by atoms with Crippen LogP contribution in [0.3, 0.4) is 0 Å². The van der Waals surface area contributed by atoms with Crippen LogP contribution in [0.15, 0.2) is 12.2 Å². The third-order valence-electron chi connectivity index (χ3n) is 1.20. The molecule has 3 heteroatoms. The molecule has 0 rings (SSSR count). The van der Waals surface area contributed by atoms with E-state index in [1.54, 1.807) is 13.8 Å². The highest BCUT2D eigenvalue weighted by Gasteiger charge is 2.09. The Bertz CT molecular complexity index is 175. The number of esters is 1. The zero-order chi connectivity index (χ0) is 9.72. The van der Waals surface area contributed by atoms with Crippen molar-refractivity contribution in [2.45, 2.75) is 40.0 Å². The molecule has 1 atom stereocenters. The third-order valence-corrected chi connectivity index (χ3v) is 1.20. The second-order valence-corrected chi connectivity index (χ2v) is 3.15. The number of carbonyl (C=O) groups excluding carboxylic acids is 1. The maximum atomic E-state index is 11.0. The van der Waals surface area contributed by atoms with Crippen molar-refractivity contribution in [1.82, 2.24) is 5.32 Å². The predicted molar refractivity (Wildman–Crippen MR) is 48.6 cm³/mol. The van der Waals surface area contributed by atoms with E-state index in [0.29, 0.717) is 11.6 Å². The topological polar surface area (TPSA) is 38.3 Å². The minimum Gasteiger partial charge on any atom is -0.444 e. The van der Waals surface area contributed by atoms with E-state index in [-0.39, 0.29) is 12.2 Å². The van der Waals surface area contributed by atoms with E-state index in [9.17, 15) is 4.79 Å². The molecule has 70 valence electrons. The van der Waals surface area contributed by atoms with Crippen LogP contribution in [-0.2, 0) is 9.53 Å². The van der Waals surface area contributed by atoms with Gasteiger partial charge in [0.05, 0.1) is 0 Å². The van der Waals surface area contributed by atoms with Gasteiger partial charge < -0.3 is 4.74 Å². The Morgan fingerprint density at radius 3 is 2.25 bits per heavy atom. The normalized spacial score (nSPS) is 12.8. The second-order valence-electron chi connectivity index (χ2n) is 3.15. The Labute approximate surface area is 73.8 Å². The molecule has 0 bridgehead atoms. The molecule has 12 heavy (non-hydrogen) atoms. The summed E-state index contributed by atoms with van der Waals surface area (Å²) < 4.78 is 4.97. The second kappa shape index (κ2) is 4.93. The van der Waals surface area contributed by atoms with Crippen molar-refractivity contribution in [3.63, 3.8) is 0 Å². The molecular formula is C9H17NO2. The maximum Gasteiger partial charge on any atom is 0.334 e. The van der Waals surface area contributed by atoms with Crippen molar-refractivity contribution in [3.8, 4) is 0 Å². The fourth-order valence-corrected chi connectivity index (χ4v) is 0.765. The number of ether oxygens (including phenoxy) is 1. The zero-order valence-corrected chi connectivity index (χ0v) is 8.18. The van der Waals surface area contributed by atoms with Gasteiger partial charge in [-0.3, -0.25) is 5.32 Å². The van der Waals surface area contributed by atoms with Gasteiger partial charge in [0, 0.05) is 11.6 Å². The van der Waals surface area contributed by atoms with Gasteiger partial charge in [-0.1, -0.05) is 6.58 Å². The smallest absolute Gasteiger partial charge is 0.334 e. The Morgan fingerprint density at radius 2 is 1.92 bits per heavy atom. The number of carbonyl (C=O) groups is 1. The lowest BCUT2D eigenvalue weighted by molar-refractivity contribution is -0.145. The van der Waals surface area contributed by atoms with Crippen molar-refractivity contribution < 1.29 is 9.53 Å². The largest absolute Gasteiger partial charge is 0.444 e. The van der Waals surface area contributed by atoms with E-state index in [2.05, 4.69) is 11.9 Å². The van der Waals surface area contributed by atoms with Gasteiger partial charge in [0.15, 0.2) is 6.23 Å². The minimum absolute atomic E-state index is 0.255. The highest BCUT2D eigenvalue weighted by atomic mass is 16.6. The molecule has 0 fully saturated rings. The van der Waals surface area contributed by atoms with Gasteiger partial charge in [0.2, 0.25) is 0 Å². The summed E-state index contributed by atoms with van der Waals surface area (Å²) >= 11 is 0. The summed E-state index contributed by atoms with van der Waals surface area (Å²) in [6, 6.07) is 0.304. The SMILES string of the molecule is C=C(C)C(=O)OC(C)NC(C)C. The molecule has 0 spiro atoms. The van der Waals surface area contributed by atoms with Crippen molar-refractivity contribution in [2.24, 2.45) is 0 Å². The summed E-state index contributed by atoms with van der Waals surface area (Å²) in [7, 11) is 0. The number of rotatable bonds is 4. The minimum atomic E-state index is -0.351. The monoisotopic (exact) mass is 171 g/mol. The molecule has 1 N–H and O–H groups in total. The van der Waals surface area contributed by atoms with E-state index in [1.165, 1.54) is 0 Å². The van der Waals surface area contributed by atoms with Crippen molar-refractivity contribution >= 4 is 5.97 Å². The molecule has 0 radical (unpaired) electrons. The molecule has 1 unspecified atom stereocenters. The molecule has 0 aromatic carbocycles. The first-order chi connectivity index (χ1) is 5.43. The number of hydrogen-bond donors (Lipinski definition) is 1. The summed E-state index contributed by atoms with van der Waals surface area (Å²) in [5, 5.41) is 3.04. The summed E-state index contributed by atoms with van der Waals surface area (Å²) in [4.78, 5) is 11.0. The highest BCUT2D eigenvalue weighted by Crippen LogP contribution is 1.96. The molecule has 0 aliphatic carbocycles. The summed E-state index contributed by atoms with van der Waals surface area (Å²) in [5.41, 5.74) is 0.424. The van der Waals surface area contributed by atoms with E-state index in [1.807, 2.05) is 13.8 Å². The van der Waals surface area contributed by atoms with Crippen LogP contribution in [0.5, 0.6) is 0 Å². The highest BCUT2D eigenvalue weighted by molar-refractivity contribution is 5.87. The van der Waals surface area contributed by atoms with E-state index < -0.39 is 0 Å². The Hall–Kier alpha value is -0.830. The van der Waals surface area contributed by atoms with Gasteiger partial charge >= 0.3 is 5.97 Å². The lowest BCUT2D eigenvalue weighted by Crippen LogP contribution is -2.36. The zero-order valence-electron chi connectivity index (χ0n) is 8.18. The van der Waals surface area contributed by atoms with Crippen molar-refractivity contribution in [3.05, 3.63) is 12.2 Å². The first-order valence-electron chi connectivity index (χ1n) is 4.06. The van der Waals surface area contributed by atoms with E-state index in [4.69, 9.17) is 4.74 Å².